The molecule has 76 valence electrons. The summed E-state index contributed by atoms with van der Waals surface area (Å²) in [7, 11) is 2.11. The lowest BCUT2D eigenvalue weighted by atomic mass is 10.0. The van der Waals surface area contributed by atoms with Gasteiger partial charge in [-0.05, 0) is 26.9 Å². The van der Waals surface area contributed by atoms with E-state index >= 15 is 0 Å². The molecule has 12 heavy (non-hydrogen) atoms. The van der Waals surface area contributed by atoms with Crippen LogP contribution in [-0.4, -0.2) is 30.6 Å². The molecule has 0 radical (unpaired) electrons. The number of nitrogens with two attached hydrogens (primary N) is 1. The van der Waals surface area contributed by atoms with Crippen LogP contribution in [0.4, 0.5) is 0 Å². The van der Waals surface area contributed by atoms with Gasteiger partial charge in [-0.3, -0.25) is 0 Å². The first-order valence-electron chi connectivity index (χ1n) is 5.08. The molecule has 0 aliphatic carbocycles. The summed E-state index contributed by atoms with van der Waals surface area (Å²) < 4.78 is 0. The molecule has 1 aliphatic heterocycles. The highest BCUT2D eigenvalue weighted by atomic mass is 15.1. The Balaban J connectivity index is 0. The molecule has 0 bridgehead atoms. The molecule has 0 saturated carbocycles. The third-order valence-corrected chi connectivity index (χ3v) is 1.70. The minimum atomic E-state index is 0.0920. The lowest BCUT2D eigenvalue weighted by Crippen LogP contribution is -2.38. The fourth-order valence-corrected chi connectivity index (χ4v) is 1.22. The van der Waals surface area contributed by atoms with Crippen LogP contribution in [0.3, 0.4) is 0 Å². The van der Waals surface area contributed by atoms with Crippen LogP contribution in [0.25, 0.3) is 0 Å². The van der Waals surface area contributed by atoms with Gasteiger partial charge < -0.3 is 10.6 Å². The quantitative estimate of drug-likeness (QED) is 0.609. The third-order valence-electron chi connectivity index (χ3n) is 1.70. The summed E-state index contributed by atoms with van der Waals surface area (Å²) in [6.45, 7) is 12.3. The normalized spacial score (nSPS) is 28.2. The summed E-state index contributed by atoms with van der Waals surface area (Å²) in [6.07, 6.45) is 1.14. The number of likely N-dealkylation sites (N-methyl/N-ethyl adjacent to an activating group) is 1. The van der Waals surface area contributed by atoms with Crippen molar-refractivity contribution in [3.8, 4) is 0 Å². The Morgan fingerprint density at radius 2 is 1.58 bits per heavy atom. The zero-order valence-electron chi connectivity index (χ0n) is 9.65. The van der Waals surface area contributed by atoms with Crippen molar-refractivity contribution in [1.82, 2.24) is 4.90 Å². The van der Waals surface area contributed by atoms with Gasteiger partial charge in [-0.15, -0.1) is 0 Å². The predicted octanol–water partition coefficient (Wildman–Crippen LogP) is 2.09. The molecule has 1 saturated heterocycles. The standard InChI is InChI=1S/C6H14N2.2C2H6/c1-6(7)3-4-8(2)5-6;2*1-2/h3-5,7H2,1-2H3;2*1-2H3. The van der Waals surface area contributed by atoms with Crippen LogP contribution in [0.15, 0.2) is 0 Å². The van der Waals surface area contributed by atoms with Gasteiger partial charge in [-0.25, -0.2) is 0 Å². The first-order chi connectivity index (χ1) is 5.60. The van der Waals surface area contributed by atoms with Crippen molar-refractivity contribution in [2.24, 2.45) is 5.73 Å². The van der Waals surface area contributed by atoms with E-state index in [1.54, 1.807) is 0 Å². The van der Waals surface area contributed by atoms with Crippen LogP contribution >= 0.6 is 0 Å². The van der Waals surface area contributed by atoms with Crippen molar-refractivity contribution in [2.45, 2.75) is 46.6 Å². The molecule has 2 N–H and O–H groups in total. The zero-order valence-corrected chi connectivity index (χ0v) is 9.65. The molecule has 0 aromatic heterocycles. The Labute approximate surface area is 78.1 Å². The predicted molar refractivity (Wildman–Crippen MR) is 57.4 cm³/mol. The topological polar surface area (TPSA) is 29.3 Å². The van der Waals surface area contributed by atoms with Crippen LogP contribution in [0.1, 0.15) is 41.0 Å². The zero-order chi connectivity index (χ0) is 10.2. The van der Waals surface area contributed by atoms with Crippen molar-refractivity contribution in [1.29, 1.82) is 0 Å². The fraction of sp³-hybridized carbons (Fsp3) is 1.00. The lowest BCUT2D eigenvalue weighted by molar-refractivity contribution is 0.382. The SMILES string of the molecule is CC.CC.CN1CCC(C)(N)C1. The van der Waals surface area contributed by atoms with Crippen molar-refractivity contribution in [3.63, 3.8) is 0 Å². The molecule has 0 amide bonds. The van der Waals surface area contributed by atoms with Crippen molar-refractivity contribution in [3.05, 3.63) is 0 Å². The summed E-state index contributed by atoms with van der Waals surface area (Å²) in [5.41, 5.74) is 5.92. The number of likely N-dealkylation sites (tertiary alicyclic amines) is 1. The van der Waals surface area contributed by atoms with Crippen molar-refractivity contribution < 1.29 is 0 Å². The first-order valence-corrected chi connectivity index (χ1v) is 5.08. The summed E-state index contributed by atoms with van der Waals surface area (Å²) in [4.78, 5) is 2.26. The van der Waals surface area contributed by atoms with Gasteiger partial charge in [0.05, 0.1) is 0 Å². The van der Waals surface area contributed by atoms with Crippen molar-refractivity contribution in [2.75, 3.05) is 20.1 Å². The monoisotopic (exact) mass is 174 g/mol. The van der Waals surface area contributed by atoms with E-state index in [0.717, 1.165) is 19.5 Å². The van der Waals surface area contributed by atoms with Gasteiger partial charge >= 0.3 is 0 Å². The molecular formula is C10H26N2. The van der Waals surface area contributed by atoms with Gasteiger partial charge in [0.15, 0.2) is 0 Å². The van der Waals surface area contributed by atoms with Crippen LogP contribution in [0.2, 0.25) is 0 Å². The number of hydrogen-bond acceptors (Lipinski definition) is 2. The molecule has 0 aromatic carbocycles. The highest BCUT2D eigenvalue weighted by Gasteiger charge is 2.26. The molecular weight excluding hydrogens is 148 g/mol. The summed E-state index contributed by atoms with van der Waals surface area (Å²) >= 11 is 0. The van der Waals surface area contributed by atoms with Gasteiger partial charge in [-0.1, -0.05) is 27.7 Å². The smallest absolute Gasteiger partial charge is 0.0266 e. The Bertz CT molecular complexity index is 89.8. The molecule has 1 aliphatic rings. The highest BCUT2D eigenvalue weighted by molar-refractivity contribution is 4.88. The molecule has 1 heterocycles. The van der Waals surface area contributed by atoms with Gasteiger partial charge in [0.2, 0.25) is 0 Å². The van der Waals surface area contributed by atoms with Gasteiger partial charge in [0.1, 0.15) is 0 Å². The number of hydrogen-bond donors (Lipinski definition) is 1. The molecule has 2 heteroatoms. The van der Waals surface area contributed by atoms with E-state index in [4.69, 9.17) is 5.73 Å². The van der Waals surface area contributed by atoms with Crippen LogP contribution in [0, 0.1) is 0 Å². The van der Waals surface area contributed by atoms with E-state index in [1.807, 2.05) is 27.7 Å². The van der Waals surface area contributed by atoms with Crippen molar-refractivity contribution >= 4 is 0 Å². The Hall–Kier alpha value is -0.0800. The fourth-order valence-electron chi connectivity index (χ4n) is 1.22. The largest absolute Gasteiger partial charge is 0.324 e. The second-order valence-corrected chi connectivity index (χ2v) is 3.14. The molecule has 1 unspecified atom stereocenters. The maximum atomic E-state index is 5.83. The van der Waals surface area contributed by atoms with E-state index in [1.165, 1.54) is 0 Å². The molecule has 1 fully saturated rings. The summed E-state index contributed by atoms with van der Waals surface area (Å²) in [5.74, 6) is 0. The second-order valence-electron chi connectivity index (χ2n) is 3.14. The average Bonchev–Trinajstić information content (AvgIpc) is 2.37. The lowest BCUT2D eigenvalue weighted by Gasteiger charge is -2.15. The van der Waals surface area contributed by atoms with E-state index < -0.39 is 0 Å². The summed E-state index contributed by atoms with van der Waals surface area (Å²) in [6, 6.07) is 0. The maximum Gasteiger partial charge on any atom is 0.0266 e. The van der Waals surface area contributed by atoms with Gasteiger partial charge in [-0.2, -0.15) is 0 Å². The van der Waals surface area contributed by atoms with Crippen LogP contribution in [-0.2, 0) is 0 Å². The number of nitrogens with zero attached hydrogens (tertiary/aromatic N) is 1. The van der Waals surface area contributed by atoms with Gasteiger partial charge in [0.25, 0.3) is 0 Å². The average molecular weight is 174 g/mol. The molecule has 0 spiro atoms. The summed E-state index contributed by atoms with van der Waals surface area (Å²) in [5, 5.41) is 0. The third kappa shape index (κ3) is 6.62. The minimum absolute atomic E-state index is 0.0920. The second kappa shape index (κ2) is 7.56. The minimum Gasteiger partial charge on any atom is -0.324 e. The van der Waals surface area contributed by atoms with Gasteiger partial charge in [0, 0.05) is 12.1 Å². The van der Waals surface area contributed by atoms with E-state index in [2.05, 4.69) is 18.9 Å². The highest BCUT2D eigenvalue weighted by Crippen LogP contribution is 2.14. The number of rotatable bonds is 0. The van der Waals surface area contributed by atoms with E-state index in [9.17, 15) is 0 Å². The van der Waals surface area contributed by atoms with Crippen LogP contribution in [0.5, 0.6) is 0 Å². The Morgan fingerprint density at radius 3 is 1.67 bits per heavy atom. The molecule has 1 rings (SSSR count). The maximum absolute atomic E-state index is 5.83. The molecule has 0 aromatic rings. The first kappa shape index (κ1) is 14.4. The van der Waals surface area contributed by atoms with E-state index in [-0.39, 0.29) is 5.54 Å². The molecule has 1 atom stereocenters. The Kier molecular flexibility index (Phi) is 9.10. The van der Waals surface area contributed by atoms with E-state index in [0.29, 0.717) is 0 Å². The van der Waals surface area contributed by atoms with Crippen LogP contribution < -0.4 is 5.73 Å². The molecule has 2 nitrogen and oxygen atoms in total. The Morgan fingerprint density at radius 1 is 1.17 bits per heavy atom.